The molecule has 0 bridgehead atoms. The van der Waals surface area contributed by atoms with Crippen molar-refractivity contribution in [2.24, 2.45) is 0 Å². The molecule has 1 atom stereocenters. The summed E-state index contributed by atoms with van der Waals surface area (Å²) in [5, 5.41) is 17.2. The van der Waals surface area contributed by atoms with Crippen LogP contribution in [-0.2, 0) is 4.79 Å². The topological polar surface area (TPSA) is 118 Å². The zero-order chi connectivity index (χ0) is 19.5. The zero-order valence-electron chi connectivity index (χ0n) is 15.0. The van der Waals surface area contributed by atoms with Crippen LogP contribution in [0.2, 0.25) is 0 Å². The quantitative estimate of drug-likeness (QED) is 0.496. The zero-order valence-corrected chi connectivity index (χ0v) is 15.0. The van der Waals surface area contributed by atoms with Gasteiger partial charge in [0, 0.05) is 16.8 Å². The molecule has 1 unspecified atom stereocenters. The van der Waals surface area contributed by atoms with Crippen LogP contribution in [0.4, 0.5) is 11.4 Å². The van der Waals surface area contributed by atoms with E-state index in [0.717, 1.165) is 10.9 Å². The predicted octanol–water partition coefficient (Wildman–Crippen LogP) is 2.61. The van der Waals surface area contributed by atoms with Gasteiger partial charge in [0.1, 0.15) is 18.7 Å². The number of H-pyrrole nitrogens is 1. The number of para-hydroxylation sites is 1. The maximum absolute atomic E-state index is 12.5. The van der Waals surface area contributed by atoms with Crippen LogP contribution in [0, 0.1) is 0 Å². The number of rotatable bonds is 5. The van der Waals surface area contributed by atoms with Crippen LogP contribution in [0.15, 0.2) is 61.2 Å². The fourth-order valence-corrected chi connectivity index (χ4v) is 2.75. The number of nitrogens with one attached hydrogen (secondary N) is 3. The highest BCUT2D eigenvalue weighted by Gasteiger charge is 2.16. The van der Waals surface area contributed by atoms with E-state index < -0.39 is 6.04 Å². The summed E-state index contributed by atoms with van der Waals surface area (Å²) in [4.78, 5) is 28.6. The summed E-state index contributed by atoms with van der Waals surface area (Å²) in [7, 11) is 0. The molecule has 0 radical (unpaired) electrons. The van der Waals surface area contributed by atoms with E-state index in [4.69, 9.17) is 0 Å². The van der Waals surface area contributed by atoms with Crippen molar-refractivity contribution in [1.82, 2.24) is 25.0 Å². The fourth-order valence-electron chi connectivity index (χ4n) is 2.75. The van der Waals surface area contributed by atoms with Gasteiger partial charge in [-0.15, -0.1) is 0 Å². The van der Waals surface area contributed by atoms with E-state index >= 15 is 0 Å². The first-order valence-electron chi connectivity index (χ1n) is 8.61. The second kappa shape index (κ2) is 7.31. The third-order valence-electron chi connectivity index (χ3n) is 4.31. The van der Waals surface area contributed by atoms with Gasteiger partial charge in [0.2, 0.25) is 5.91 Å². The van der Waals surface area contributed by atoms with Gasteiger partial charge in [-0.3, -0.25) is 14.7 Å². The molecule has 2 aromatic heterocycles. The molecule has 2 amide bonds. The summed E-state index contributed by atoms with van der Waals surface area (Å²) in [6.07, 6.45) is 2.87. The van der Waals surface area contributed by atoms with Crippen LogP contribution < -0.4 is 10.6 Å². The van der Waals surface area contributed by atoms with E-state index in [1.54, 1.807) is 31.2 Å². The lowest BCUT2D eigenvalue weighted by Crippen LogP contribution is -2.24. The smallest absolute Gasteiger partial charge is 0.276 e. The summed E-state index contributed by atoms with van der Waals surface area (Å²) in [5.41, 5.74) is 2.33. The molecule has 0 aliphatic heterocycles. The minimum absolute atomic E-state index is 0.217. The molecular weight excluding hydrogens is 358 g/mol. The van der Waals surface area contributed by atoms with Gasteiger partial charge in [0.15, 0.2) is 5.69 Å². The average Bonchev–Trinajstić information content (AvgIpc) is 3.39. The summed E-state index contributed by atoms with van der Waals surface area (Å²) < 4.78 is 1.47. The van der Waals surface area contributed by atoms with Crippen molar-refractivity contribution in [3.63, 3.8) is 0 Å². The number of aromatic nitrogens is 5. The van der Waals surface area contributed by atoms with Gasteiger partial charge in [0.25, 0.3) is 5.91 Å². The molecule has 2 heterocycles. The molecule has 0 spiro atoms. The largest absolute Gasteiger partial charge is 0.324 e. The molecule has 0 fully saturated rings. The monoisotopic (exact) mass is 375 g/mol. The van der Waals surface area contributed by atoms with Crippen molar-refractivity contribution < 1.29 is 9.59 Å². The maximum Gasteiger partial charge on any atom is 0.276 e. The summed E-state index contributed by atoms with van der Waals surface area (Å²) in [5.74, 6) is -0.528. The Labute approximate surface area is 159 Å². The SMILES string of the molecule is CC(C(=O)Nc1ccc(NC(=O)c2n[nH]c3ccccc23)cc1)n1cncn1. The molecule has 2 aromatic carbocycles. The number of anilines is 2. The molecule has 0 aliphatic rings. The highest BCUT2D eigenvalue weighted by molar-refractivity contribution is 6.11. The Morgan fingerprint density at radius 2 is 1.75 bits per heavy atom. The molecular formula is C19H17N7O2. The molecule has 0 saturated carbocycles. The van der Waals surface area contributed by atoms with Crippen LogP contribution in [0.3, 0.4) is 0 Å². The van der Waals surface area contributed by atoms with E-state index in [2.05, 4.69) is 30.9 Å². The first kappa shape index (κ1) is 17.4. The van der Waals surface area contributed by atoms with E-state index in [1.165, 1.54) is 17.3 Å². The minimum Gasteiger partial charge on any atom is -0.324 e. The molecule has 0 aliphatic carbocycles. The molecule has 140 valence electrons. The molecule has 0 saturated heterocycles. The van der Waals surface area contributed by atoms with Crippen LogP contribution in [0.25, 0.3) is 10.9 Å². The van der Waals surface area contributed by atoms with Crippen molar-refractivity contribution >= 4 is 34.1 Å². The van der Waals surface area contributed by atoms with Crippen LogP contribution >= 0.6 is 0 Å². The summed E-state index contributed by atoms with van der Waals surface area (Å²) >= 11 is 0. The lowest BCUT2D eigenvalue weighted by Gasteiger charge is -2.12. The van der Waals surface area contributed by atoms with Gasteiger partial charge >= 0.3 is 0 Å². The summed E-state index contributed by atoms with van der Waals surface area (Å²) in [6.45, 7) is 1.73. The lowest BCUT2D eigenvalue weighted by molar-refractivity contribution is -0.119. The molecule has 9 nitrogen and oxygen atoms in total. The number of carbonyl (C=O) groups excluding carboxylic acids is 2. The molecule has 3 N–H and O–H groups in total. The van der Waals surface area contributed by atoms with Crippen LogP contribution in [-0.4, -0.2) is 36.8 Å². The van der Waals surface area contributed by atoms with Crippen LogP contribution in [0.5, 0.6) is 0 Å². The van der Waals surface area contributed by atoms with Gasteiger partial charge in [-0.25, -0.2) is 9.67 Å². The second-order valence-electron chi connectivity index (χ2n) is 6.19. The molecule has 4 rings (SSSR count). The highest BCUT2D eigenvalue weighted by atomic mass is 16.2. The van der Waals surface area contributed by atoms with Crippen LogP contribution in [0.1, 0.15) is 23.5 Å². The van der Waals surface area contributed by atoms with Crippen molar-refractivity contribution in [3.05, 3.63) is 66.9 Å². The lowest BCUT2D eigenvalue weighted by atomic mass is 10.2. The maximum atomic E-state index is 12.5. The Bertz CT molecular complexity index is 1120. The molecule has 9 heteroatoms. The number of aromatic amines is 1. The third-order valence-corrected chi connectivity index (χ3v) is 4.31. The number of hydrogen-bond acceptors (Lipinski definition) is 5. The number of fused-ring (bicyclic) bond motifs is 1. The summed E-state index contributed by atoms with van der Waals surface area (Å²) in [6, 6.07) is 13.8. The second-order valence-corrected chi connectivity index (χ2v) is 6.19. The van der Waals surface area contributed by atoms with Gasteiger partial charge in [0.05, 0.1) is 5.52 Å². The number of carbonyl (C=O) groups is 2. The predicted molar refractivity (Wildman–Crippen MR) is 104 cm³/mol. The van der Waals surface area contributed by atoms with Gasteiger partial charge in [-0.1, -0.05) is 18.2 Å². The first-order chi connectivity index (χ1) is 13.6. The Hall–Kier alpha value is -4.01. The fraction of sp³-hybridized carbons (Fsp3) is 0.105. The van der Waals surface area contributed by atoms with Crippen molar-refractivity contribution in [2.45, 2.75) is 13.0 Å². The third kappa shape index (κ3) is 3.45. The van der Waals surface area contributed by atoms with Gasteiger partial charge < -0.3 is 10.6 Å². The minimum atomic E-state index is -0.491. The van der Waals surface area contributed by atoms with Crippen molar-refractivity contribution in [1.29, 1.82) is 0 Å². The van der Waals surface area contributed by atoms with Gasteiger partial charge in [-0.2, -0.15) is 10.2 Å². The highest BCUT2D eigenvalue weighted by Crippen LogP contribution is 2.19. The number of amides is 2. The Balaban J connectivity index is 1.42. The van der Waals surface area contributed by atoms with E-state index in [9.17, 15) is 9.59 Å². The van der Waals surface area contributed by atoms with E-state index in [0.29, 0.717) is 17.1 Å². The van der Waals surface area contributed by atoms with Crippen molar-refractivity contribution in [3.8, 4) is 0 Å². The first-order valence-corrected chi connectivity index (χ1v) is 8.61. The Morgan fingerprint density at radius 1 is 1.04 bits per heavy atom. The normalized spacial score (nSPS) is 11.9. The standard InChI is InChI=1S/C19H17N7O2/c1-12(26-11-20-10-21-26)18(27)22-13-6-8-14(9-7-13)23-19(28)17-15-4-2-3-5-16(15)24-25-17/h2-12H,1H3,(H,22,27)(H,23,28)(H,24,25). The Morgan fingerprint density at radius 3 is 2.46 bits per heavy atom. The molecule has 4 aromatic rings. The number of hydrogen-bond donors (Lipinski definition) is 3. The number of benzene rings is 2. The Kier molecular flexibility index (Phi) is 4.55. The van der Waals surface area contributed by atoms with Gasteiger partial charge in [-0.05, 0) is 37.3 Å². The van der Waals surface area contributed by atoms with Crippen molar-refractivity contribution in [2.75, 3.05) is 10.6 Å². The average molecular weight is 375 g/mol. The van der Waals surface area contributed by atoms with E-state index in [1.807, 2.05) is 24.3 Å². The van der Waals surface area contributed by atoms with E-state index in [-0.39, 0.29) is 11.8 Å². The molecule has 28 heavy (non-hydrogen) atoms. The number of nitrogens with zero attached hydrogens (tertiary/aromatic N) is 4.